The largest absolute Gasteiger partial charge is 0.347 e. The first-order chi connectivity index (χ1) is 12.2. The lowest BCUT2D eigenvalue weighted by Crippen LogP contribution is -2.31. The van der Waals surface area contributed by atoms with E-state index in [4.69, 9.17) is 0 Å². The van der Waals surface area contributed by atoms with Crippen LogP contribution in [0.1, 0.15) is 38.8 Å². The quantitative estimate of drug-likeness (QED) is 0.399. The van der Waals surface area contributed by atoms with Crippen molar-refractivity contribution in [1.82, 2.24) is 0 Å². The summed E-state index contributed by atoms with van der Waals surface area (Å²) in [6, 6.07) is 15.5. The Labute approximate surface area is 170 Å². The molecule has 0 atom stereocenters. The zero-order chi connectivity index (χ0) is 18.9. The number of halogens is 1. The van der Waals surface area contributed by atoms with Crippen LogP contribution in [0.15, 0.2) is 54.2 Å². The molecule has 0 spiro atoms. The van der Waals surface area contributed by atoms with E-state index in [1.807, 2.05) is 0 Å². The smallest absolute Gasteiger partial charge is 0.209 e. The van der Waals surface area contributed by atoms with E-state index in [-0.39, 0.29) is 10.8 Å². The molecular weight excluding hydrogens is 431 g/mol. The van der Waals surface area contributed by atoms with Crippen molar-refractivity contribution in [2.45, 2.75) is 38.5 Å². The molecule has 2 heterocycles. The first-order valence-electron chi connectivity index (χ1n) is 9.12. The summed E-state index contributed by atoms with van der Waals surface area (Å²) in [5, 5.41) is 0. The standard InChI is InChI=1S/C23H26IN2/c1-22(2)16-9-7-8-10-18(16)25(5)20(22)14-21-23(3,4)17-13-15(24)11-12-19(17)26(21)6/h7-14H,1-6H3/q+1. The van der Waals surface area contributed by atoms with Crippen LogP contribution >= 0.6 is 22.6 Å². The Morgan fingerprint density at radius 1 is 0.962 bits per heavy atom. The van der Waals surface area contributed by atoms with Gasteiger partial charge in [0, 0.05) is 45.1 Å². The summed E-state index contributed by atoms with van der Waals surface area (Å²) in [6.07, 6.45) is 2.42. The molecule has 0 saturated carbocycles. The zero-order valence-corrected chi connectivity index (χ0v) is 18.5. The number of benzene rings is 2. The summed E-state index contributed by atoms with van der Waals surface area (Å²) in [4.78, 5) is 2.37. The molecule has 0 radical (unpaired) electrons. The van der Waals surface area contributed by atoms with Crippen LogP contribution in [0.2, 0.25) is 0 Å². The molecule has 4 rings (SSSR count). The van der Waals surface area contributed by atoms with Crippen LogP contribution in [0.3, 0.4) is 0 Å². The third-order valence-electron chi connectivity index (χ3n) is 6.21. The van der Waals surface area contributed by atoms with Gasteiger partial charge in [0.15, 0.2) is 5.71 Å². The Kier molecular flexibility index (Phi) is 3.89. The third kappa shape index (κ3) is 2.32. The van der Waals surface area contributed by atoms with Crippen LogP contribution < -0.4 is 4.90 Å². The Balaban J connectivity index is 1.89. The monoisotopic (exact) mass is 457 g/mol. The number of likely N-dealkylation sites (N-methyl/N-ethyl adjacent to an activating group) is 1. The summed E-state index contributed by atoms with van der Waals surface area (Å²) >= 11 is 2.41. The molecule has 2 aliphatic rings. The molecule has 3 heteroatoms. The van der Waals surface area contributed by atoms with Gasteiger partial charge in [-0.25, -0.2) is 0 Å². The van der Waals surface area contributed by atoms with E-state index in [1.54, 1.807) is 0 Å². The van der Waals surface area contributed by atoms with Gasteiger partial charge in [0.2, 0.25) is 5.69 Å². The highest BCUT2D eigenvalue weighted by atomic mass is 127. The normalized spacial score (nSPS) is 21.3. The lowest BCUT2D eigenvalue weighted by atomic mass is 9.78. The number of allylic oxidation sites excluding steroid dienone is 2. The first kappa shape index (κ1) is 17.8. The van der Waals surface area contributed by atoms with E-state index in [9.17, 15) is 0 Å². The minimum Gasteiger partial charge on any atom is -0.347 e. The number of fused-ring (bicyclic) bond motifs is 2. The SMILES string of the molecule is CN1C(=CC2=[N+](C)c3ccccc3C2(C)C)C(C)(C)c2cc(I)ccc21. The molecule has 2 aromatic rings. The van der Waals surface area contributed by atoms with Crippen molar-refractivity contribution in [2.75, 3.05) is 19.0 Å². The molecule has 0 unspecified atom stereocenters. The summed E-state index contributed by atoms with van der Waals surface area (Å²) in [5.41, 5.74) is 8.15. The van der Waals surface area contributed by atoms with Gasteiger partial charge < -0.3 is 4.90 Å². The second kappa shape index (κ2) is 5.69. The van der Waals surface area contributed by atoms with Crippen LogP contribution in [0, 0.1) is 3.57 Å². The summed E-state index contributed by atoms with van der Waals surface area (Å²) < 4.78 is 3.65. The molecule has 0 aliphatic carbocycles. The minimum atomic E-state index is -0.00996. The molecule has 2 aromatic carbocycles. The van der Waals surface area contributed by atoms with Crippen molar-refractivity contribution in [3.8, 4) is 0 Å². The summed E-state index contributed by atoms with van der Waals surface area (Å²) in [6.45, 7) is 9.35. The van der Waals surface area contributed by atoms with E-state index in [2.05, 4.69) is 122 Å². The maximum atomic E-state index is 2.42. The van der Waals surface area contributed by atoms with E-state index in [0.29, 0.717) is 0 Å². The molecule has 2 nitrogen and oxygen atoms in total. The van der Waals surface area contributed by atoms with Gasteiger partial charge in [-0.2, -0.15) is 4.58 Å². The van der Waals surface area contributed by atoms with Gasteiger partial charge in [-0.05, 0) is 60.2 Å². The minimum absolute atomic E-state index is 0.00153. The highest BCUT2D eigenvalue weighted by Gasteiger charge is 2.46. The molecule has 0 fully saturated rings. The average Bonchev–Trinajstić information content (AvgIpc) is 2.90. The molecule has 0 aromatic heterocycles. The van der Waals surface area contributed by atoms with Gasteiger partial charge in [0.1, 0.15) is 7.05 Å². The molecule has 0 saturated heterocycles. The molecule has 0 amide bonds. The van der Waals surface area contributed by atoms with E-state index in [0.717, 1.165) is 0 Å². The predicted molar refractivity (Wildman–Crippen MR) is 119 cm³/mol. The summed E-state index contributed by atoms with van der Waals surface area (Å²) in [5.74, 6) is 0. The number of hydrogen-bond acceptors (Lipinski definition) is 1. The lowest BCUT2D eigenvalue weighted by molar-refractivity contribution is -0.401. The second-order valence-electron chi connectivity index (χ2n) is 8.46. The maximum absolute atomic E-state index is 2.42. The van der Waals surface area contributed by atoms with Crippen molar-refractivity contribution in [2.24, 2.45) is 0 Å². The molecule has 0 bridgehead atoms. The van der Waals surface area contributed by atoms with Crippen LogP contribution in [0.5, 0.6) is 0 Å². The molecule has 26 heavy (non-hydrogen) atoms. The fourth-order valence-electron chi connectivity index (χ4n) is 4.65. The zero-order valence-electron chi connectivity index (χ0n) is 16.4. The predicted octanol–water partition coefficient (Wildman–Crippen LogP) is 5.61. The number of hydrogen-bond donors (Lipinski definition) is 0. The van der Waals surface area contributed by atoms with Gasteiger partial charge >= 0.3 is 0 Å². The highest BCUT2D eigenvalue weighted by Crippen LogP contribution is 2.48. The van der Waals surface area contributed by atoms with Crippen molar-refractivity contribution >= 4 is 39.7 Å². The number of rotatable bonds is 1. The van der Waals surface area contributed by atoms with Crippen molar-refractivity contribution in [1.29, 1.82) is 0 Å². The van der Waals surface area contributed by atoms with E-state index >= 15 is 0 Å². The van der Waals surface area contributed by atoms with Crippen molar-refractivity contribution < 1.29 is 4.58 Å². The second-order valence-corrected chi connectivity index (χ2v) is 9.71. The molecular formula is C23H26IN2+. The maximum Gasteiger partial charge on any atom is 0.209 e. The van der Waals surface area contributed by atoms with Crippen molar-refractivity contribution in [3.05, 3.63) is 68.9 Å². The van der Waals surface area contributed by atoms with Gasteiger partial charge in [0.25, 0.3) is 0 Å². The first-order valence-corrected chi connectivity index (χ1v) is 10.2. The Morgan fingerprint density at radius 2 is 1.65 bits per heavy atom. The van der Waals surface area contributed by atoms with Crippen LogP contribution in [0.25, 0.3) is 0 Å². The molecule has 134 valence electrons. The number of nitrogens with zero attached hydrogens (tertiary/aromatic N) is 2. The highest BCUT2D eigenvalue weighted by molar-refractivity contribution is 14.1. The van der Waals surface area contributed by atoms with Gasteiger partial charge in [-0.15, -0.1) is 0 Å². The van der Waals surface area contributed by atoms with Gasteiger partial charge in [0.05, 0.1) is 5.41 Å². The number of anilines is 1. The molecule has 2 aliphatic heterocycles. The fourth-order valence-corrected chi connectivity index (χ4v) is 5.15. The van der Waals surface area contributed by atoms with E-state index < -0.39 is 0 Å². The summed E-state index contributed by atoms with van der Waals surface area (Å²) in [7, 11) is 4.39. The Hall–Kier alpha value is -1.62. The topological polar surface area (TPSA) is 6.25 Å². The molecule has 0 N–H and O–H groups in total. The van der Waals surface area contributed by atoms with Crippen LogP contribution in [-0.4, -0.2) is 24.4 Å². The Bertz CT molecular complexity index is 979. The lowest BCUT2D eigenvalue weighted by Gasteiger charge is -2.25. The van der Waals surface area contributed by atoms with E-state index in [1.165, 1.54) is 37.5 Å². The fraction of sp³-hybridized carbons (Fsp3) is 0.348. The van der Waals surface area contributed by atoms with Crippen LogP contribution in [-0.2, 0) is 10.8 Å². The van der Waals surface area contributed by atoms with Gasteiger partial charge in [-0.1, -0.05) is 32.0 Å². The third-order valence-corrected chi connectivity index (χ3v) is 6.88. The number of para-hydroxylation sites is 1. The van der Waals surface area contributed by atoms with Crippen LogP contribution in [0.4, 0.5) is 11.4 Å². The Morgan fingerprint density at radius 3 is 2.35 bits per heavy atom. The van der Waals surface area contributed by atoms with Crippen molar-refractivity contribution in [3.63, 3.8) is 0 Å². The average molecular weight is 457 g/mol. The van der Waals surface area contributed by atoms with Gasteiger partial charge in [-0.3, -0.25) is 0 Å².